The molecule has 0 spiro atoms. The van der Waals surface area contributed by atoms with E-state index in [2.05, 4.69) is 26.3 Å². The smallest absolute Gasteiger partial charge is 0.224 e. The van der Waals surface area contributed by atoms with Crippen molar-refractivity contribution in [3.8, 4) is 0 Å². The lowest BCUT2D eigenvalue weighted by Crippen LogP contribution is -2.26. The fraction of sp³-hybridized carbons (Fsp3) is 0.750. The largest absolute Gasteiger partial charge is 0.395 e. The molecular formula is C16H26N4O2. The van der Waals surface area contributed by atoms with Gasteiger partial charge in [0.1, 0.15) is 5.82 Å². The summed E-state index contributed by atoms with van der Waals surface area (Å²) in [6, 6.07) is 2.13. The summed E-state index contributed by atoms with van der Waals surface area (Å²) in [7, 11) is 0. The Hall–Kier alpha value is -1.40. The molecule has 0 radical (unpaired) electrons. The third kappa shape index (κ3) is 3.87. The summed E-state index contributed by atoms with van der Waals surface area (Å²) in [5.74, 6) is 2.00. The Kier molecular flexibility index (Phi) is 5.45. The second-order valence-corrected chi connectivity index (χ2v) is 6.09. The van der Waals surface area contributed by atoms with Gasteiger partial charge in [-0.2, -0.15) is 4.98 Å². The maximum Gasteiger partial charge on any atom is 0.224 e. The third-order valence-corrected chi connectivity index (χ3v) is 4.41. The highest BCUT2D eigenvalue weighted by Crippen LogP contribution is 2.28. The topological polar surface area (TPSA) is 70.5 Å². The van der Waals surface area contributed by atoms with Gasteiger partial charge in [0, 0.05) is 38.2 Å². The molecule has 2 N–H and O–H groups in total. The van der Waals surface area contributed by atoms with Gasteiger partial charge in [0.15, 0.2) is 0 Å². The van der Waals surface area contributed by atoms with Crippen LogP contribution in [0.15, 0.2) is 6.07 Å². The van der Waals surface area contributed by atoms with Crippen molar-refractivity contribution < 1.29 is 9.84 Å². The van der Waals surface area contributed by atoms with Crippen molar-refractivity contribution in [1.29, 1.82) is 0 Å². The van der Waals surface area contributed by atoms with E-state index in [1.54, 1.807) is 0 Å². The maximum absolute atomic E-state index is 9.02. The van der Waals surface area contributed by atoms with Crippen molar-refractivity contribution >= 4 is 11.8 Å². The van der Waals surface area contributed by atoms with Crippen molar-refractivity contribution in [2.24, 2.45) is 0 Å². The van der Waals surface area contributed by atoms with Crippen molar-refractivity contribution in [2.75, 3.05) is 49.7 Å². The lowest BCUT2D eigenvalue weighted by atomic mass is 10.0. The van der Waals surface area contributed by atoms with Crippen LogP contribution in [0.25, 0.3) is 0 Å². The van der Waals surface area contributed by atoms with Gasteiger partial charge in [-0.3, -0.25) is 0 Å². The summed E-state index contributed by atoms with van der Waals surface area (Å²) in [6.45, 7) is 4.25. The molecule has 3 heterocycles. The lowest BCUT2D eigenvalue weighted by molar-refractivity contribution is 0.193. The number of hydrogen-bond donors (Lipinski definition) is 2. The molecule has 6 nitrogen and oxygen atoms in total. The van der Waals surface area contributed by atoms with E-state index >= 15 is 0 Å². The Morgan fingerprint density at radius 2 is 2.05 bits per heavy atom. The van der Waals surface area contributed by atoms with Crippen LogP contribution in [-0.2, 0) is 4.74 Å². The molecular weight excluding hydrogens is 280 g/mol. The highest BCUT2D eigenvalue weighted by molar-refractivity contribution is 5.46. The average molecular weight is 306 g/mol. The molecule has 0 saturated carbocycles. The summed E-state index contributed by atoms with van der Waals surface area (Å²) in [5, 5.41) is 12.1. The molecule has 0 aliphatic carbocycles. The van der Waals surface area contributed by atoms with Gasteiger partial charge >= 0.3 is 0 Å². The minimum Gasteiger partial charge on any atom is -0.395 e. The third-order valence-electron chi connectivity index (χ3n) is 4.41. The molecule has 0 unspecified atom stereocenters. The number of ether oxygens (including phenoxy) is 1. The molecule has 0 bridgehead atoms. The molecule has 0 amide bonds. The monoisotopic (exact) mass is 306 g/mol. The Morgan fingerprint density at radius 3 is 2.73 bits per heavy atom. The predicted molar refractivity (Wildman–Crippen MR) is 86.5 cm³/mol. The Balaban J connectivity index is 1.84. The number of nitrogens with zero attached hydrogens (tertiary/aromatic N) is 3. The second kappa shape index (κ2) is 7.74. The van der Waals surface area contributed by atoms with E-state index in [0.717, 1.165) is 44.2 Å². The van der Waals surface area contributed by atoms with Gasteiger partial charge < -0.3 is 20.1 Å². The van der Waals surface area contributed by atoms with E-state index in [1.807, 2.05) is 0 Å². The van der Waals surface area contributed by atoms with E-state index in [0.29, 0.717) is 18.4 Å². The molecule has 2 aliphatic heterocycles. The molecule has 1 aromatic heterocycles. The van der Waals surface area contributed by atoms with Gasteiger partial charge in [0.2, 0.25) is 5.95 Å². The van der Waals surface area contributed by atoms with Gasteiger partial charge in [-0.25, -0.2) is 4.98 Å². The number of nitrogens with one attached hydrogen (secondary N) is 1. The van der Waals surface area contributed by atoms with Crippen LogP contribution in [0.1, 0.15) is 43.7 Å². The number of rotatable bonds is 5. The zero-order chi connectivity index (χ0) is 15.2. The molecule has 122 valence electrons. The van der Waals surface area contributed by atoms with Crippen molar-refractivity contribution in [3.05, 3.63) is 11.8 Å². The molecule has 2 aliphatic rings. The first-order valence-corrected chi connectivity index (χ1v) is 8.43. The van der Waals surface area contributed by atoms with Crippen LogP contribution in [0.2, 0.25) is 0 Å². The number of aliphatic hydroxyl groups excluding tert-OH is 1. The van der Waals surface area contributed by atoms with Crippen LogP contribution < -0.4 is 10.2 Å². The van der Waals surface area contributed by atoms with Crippen molar-refractivity contribution in [2.45, 2.75) is 38.0 Å². The van der Waals surface area contributed by atoms with Crippen molar-refractivity contribution in [3.63, 3.8) is 0 Å². The first-order valence-electron chi connectivity index (χ1n) is 8.43. The summed E-state index contributed by atoms with van der Waals surface area (Å²) in [6.07, 6.45) is 6.09. The van der Waals surface area contributed by atoms with Gasteiger partial charge in [-0.15, -0.1) is 0 Å². The summed E-state index contributed by atoms with van der Waals surface area (Å²) < 4.78 is 5.50. The summed E-state index contributed by atoms with van der Waals surface area (Å²) in [5.41, 5.74) is 1.06. The number of aliphatic hydroxyl groups is 1. The normalized spacial score (nSPS) is 22.6. The molecule has 0 aromatic carbocycles. The molecule has 6 heteroatoms. The van der Waals surface area contributed by atoms with Gasteiger partial charge in [-0.05, 0) is 19.3 Å². The standard InChI is InChI=1S/C16H26N4O2/c21-9-6-17-16-18-14(13-5-10-22-12-13)11-15(19-16)20-7-3-1-2-4-8-20/h11,13,21H,1-10,12H2,(H,17,18,19)/t13-/m0/s1. The first-order chi connectivity index (χ1) is 10.9. The SMILES string of the molecule is OCCNc1nc([C@H]2CCOC2)cc(N2CCCCCC2)n1. The zero-order valence-electron chi connectivity index (χ0n) is 13.1. The molecule has 3 rings (SSSR count). The van der Waals surface area contributed by atoms with E-state index in [-0.39, 0.29) is 6.61 Å². The van der Waals surface area contributed by atoms with E-state index in [9.17, 15) is 0 Å². The lowest BCUT2D eigenvalue weighted by Gasteiger charge is -2.23. The highest BCUT2D eigenvalue weighted by atomic mass is 16.5. The average Bonchev–Trinajstić information content (AvgIpc) is 2.95. The van der Waals surface area contributed by atoms with E-state index in [1.165, 1.54) is 25.7 Å². The highest BCUT2D eigenvalue weighted by Gasteiger charge is 2.22. The Morgan fingerprint density at radius 1 is 1.23 bits per heavy atom. The Bertz CT molecular complexity index is 469. The second-order valence-electron chi connectivity index (χ2n) is 6.09. The van der Waals surface area contributed by atoms with E-state index in [4.69, 9.17) is 9.84 Å². The van der Waals surface area contributed by atoms with Crippen LogP contribution in [0, 0.1) is 0 Å². The zero-order valence-corrected chi connectivity index (χ0v) is 13.1. The maximum atomic E-state index is 9.02. The van der Waals surface area contributed by atoms with E-state index < -0.39 is 0 Å². The molecule has 2 fully saturated rings. The predicted octanol–water partition coefficient (Wildman–Crippen LogP) is 1.77. The quantitative estimate of drug-likeness (QED) is 0.864. The fourth-order valence-corrected chi connectivity index (χ4v) is 3.14. The van der Waals surface area contributed by atoms with Gasteiger partial charge in [-0.1, -0.05) is 12.8 Å². The molecule has 1 atom stereocenters. The molecule has 1 aromatic rings. The fourth-order valence-electron chi connectivity index (χ4n) is 3.14. The molecule has 2 saturated heterocycles. The van der Waals surface area contributed by atoms with Crippen LogP contribution >= 0.6 is 0 Å². The first kappa shape index (κ1) is 15.5. The van der Waals surface area contributed by atoms with Gasteiger partial charge in [0.05, 0.1) is 18.9 Å². The number of aromatic nitrogens is 2. The minimum absolute atomic E-state index is 0.0825. The van der Waals surface area contributed by atoms with Crippen LogP contribution in [0.3, 0.4) is 0 Å². The molecule has 22 heavy (non-hydrogen) atoms. The minimum atomic E-state index is 0.0825. The number of anilines is 2. The van der Waals surface area contributed by atoms with Crippen LogP contribution in [0.4, 0.5) is 11.8 Å². The van der Waals surface area contributed by atoms with Crippen LogP contribution in [-0.4, -0.2) is 54.5 Å². The Labute approximate surface area is 131 Å². The van der Waals surface area contributed by atoms with Gasteiger partial charge in [0.25, 0.3) is 0 Å². The number of hydrogen-bond acceptors (Lipinski definition) is 6. The summed E-state index contributed by atoms with van der Waals surface area (Å²) in [4.78, 5) is 11.7. The van der Waals surface area contributed by atoms with Crippen molar-refractivity contribution in [1.82, 2.24) is 9.97 Å². The summed E-state index contributed by atoms with van der Waals surface area (Å²) >= 11 is 0. The van der Waals surface area contributed by atoms with Crippen LogP contribution in [0.5, 0.6) is 0 Å².